The fraction of sp³-hybridized carbons (Fsp3) is 0.750. The molecule has 0 radical (unpaired) electrons. The molecular weight excluding hydrogens is 387 g/mol. The van der Waals surface area contributed by atoms with Gasteiger partial charge in [0.1, 0.15) is 0 Å². The molecule has 0 atom stereocenters. The molecule has 0 aromatic heterocycles. The van der Waals surface area contributed by atoms with Gasteiger partial charge in [0.05, 0.1) is 0 Å². The van der Waals surface area contributed by atoms with Crippen molar-refractivity contribution in [3.63, 3.8) is 0 Å². The van der Waals surface area contributed by atoms with Gasteiger partial charge < -0.3 is 0 Å². The molecule has 0 saturated heterocycles. The molecule has 0 aliphatic heterocycles. The van der Waals surface area contributed by atoms with E-state index < -0.39 is 5.96 Å². The normalized spacial score (nSPS) is 13.6. The number of benzene rings is 1. The van der Waals surface area contributed by atoms with E-state index in [-0.39, 0.29) is 6.29 Å². The van der Waals surface area contributed by atoms with Crippen molar-refractivity contribution >= 4 is 22.5 Å². The van der Waals surface area contributed by atoms with Gasteiger partial charge in [0.15, 0.2) is 0 Å². The third-order valence-electron chi connectivity index (χ3n) is 4.96. The standard InChI is InChI=1S/C24H44ClO2P/c1-6-20-26-24(27-21-7-2)19-13-11-9-8-10-12-16-22-17-14-15-18-23(22)28(3,4,5)25/h14-15,17-18,24H,6-13,16,19-21H2,1-5H3. The zero-order chi connectivity index (χ0) is 20.9. The molecule has 1 rings (SSSR count). The van der Waals surface area contributed by atoms with Gasteiger partial charge in [-0.25, -0.2) is 0 Å². The number of ether oxygens (including phenoxy) is 2. The molecule has 0 fully saturated rings. The van der Waals surface area contributed by atoms with Gasteiger partial charge in [-0.05, 0) is 12.8 Å². The number of hydrogen-bond acceptors (Lipinski definition) is 2. The smallest absolute Gasteiger partial charge is 0.0632 e. The van der Waals surface area contributed by atoms with Gasteiger partial charge in [-0.2, -0.15) is 0 Å². The first-order valence-corrected chi connectivity index (χ1v) is 15.8. The van der Waals surface area contributed by atoms with Gasteiger partial charge >= 0.3 is 139 Å². The first-order chi connectivity index (χ1) is 13.2. The van der Waals surface area contributed by atoms with Crippen LogP contribution < -0.4 is 5.30 Å². The second-order valence-electron chi connectivity index (χ2n) is 9.06. The van der Waals surface area contributed by atoms with E-state index in [1.54, 1.807) is 0 Å². The molecule has 0 aliphatic rings. The average molecular weight is 431 g/mol. The van der Waals surface area contributed by atoms with Crippen LogP contribution in [0.2, 0.25) is 0 Å². The van der Waals surface area contributed by atoms with E-state index in [0.717, 1.165) is 38.9 Å². The van der Waals surface area contributed by atoms with E-state index in [9.17, 15) is 0 Å². The van der Waals surface area contributed by atoms with Crippen molar-refractivity contribution in [2.45, 2.75) is 84.3 Å². The van der Waals surface area contributed by atoms with Gasteiger partial charge in [0.2, 0.25) is 0 Å². The predicted molar refractivity (Wildman–Crippen MR) is 129 cm³/mol. The van der Waals surface area contributed by atoms with Gasteiger partial charge in [0, 0.05) is 13.2 Å². The van der Waals surface area contributed by atoms with Crippen molar-refractivity contribution in [2.75, 3.05) is 33.2 Å². The summed E-state index contributed by atoms with van der Waals surface area (Å²) >= 11 is 6.92. The predicted octanol–water partition coefficient (Wildman–Crippen LogP) is 7.36. The Bertz CT molecular complexity index is 522. The molecule has 0 heterocycles. The van der Waals surface area contributed by atoms with Crippen molar-refractivity contribution < 1.29 is 9.47 Å². The molecule has 0 saturated carbocycles. The van der Waals surface area contributed by atoms with Gasteiger partial charge in [0.25, 0.3) is 0 Å². The van der Waals surface area contributed by atoms with E-state index in [0.29, 0.717) is 0 Å². The van der Waals surface area contributed by atoms with Crippen LogP contribution in [0.5, 0.6) is 0 Å². The first kappa shape index (κ1) is 25.9. The summed E-state index contributed by atoms with van der Waals surface area (Å²) in [5.74, 6) is -2.22. The SMILES string of the molecule is CCCOC(CCCCCCCCc1ccccc1P(C)(C)(C)Cl)OCCC. The molecule has 0 amide bonds. The molecule has 164 valence electrons. The Morgan fingerprint density at radius 2 is 1.36 bits per heavy atom. The Kier molecular flexibility index (Phi) is 12.2. The molecule has 28 heavy (non-hydrogen) atoms. The van der Waals surface area contributed by atoms with Crippen LogP contribution in [0, 0.1) is 0 Å². The van der Waals surface area contributed by atoms with Crippen molar-refractivity contribution in [1.82, 2.24) is 0 Å². The van der Waals surface area contributed by atoms with Gasteiger partial charge in [-0.3, -0.25) is 0 Å². The molecule has 0 bridgehead atoms. The summed E-state index contributed by atoms with van der Waals surface area (Å²) in [6.07, 6.45) is 11.9. The Morgan fingerprint density at radius 1 is 0.821 bits per heavy atom. The van der Waals surface area contributed by atoms with Crippen LogP contribution in [-0.4, -0.2) is 39.5 Å². The van der Waals surface area contributed by atoms with Crippen molar-refractivity contribution in [1.29, 1.82) is 0 Å². The molecule has 2 nitrogen and oxygen atoms in total. The van der Waals surface area contributed by atoms with Crippen LogP contribution in [-0.2, 0) is 15.9 Å². The Balaban J connectivity index is 2.22. The summed E-state index contributed by atoms with van der Waals surface area (Å²) in [7, 11) is 0. The summed E-state index contributed by atoms with van der Waals surface area (Å²) in [6, 6.07) is 8.77. The summed E-state index contributed by atoms with van der Waals surface area (Å²) in [4.78, 5) is 0. The van der Waals surface area contributed by atoms with Gasteiger partial charge in [-0.1, -0.05) is 13.8 Å². The maximum atomic E-state index is 6.92. The topological polar surface area (TPSA) is 18.5 Å². The molecule has 1 aromatic rings. The number of hydrogen-bond donors (Lipinski definition) is 0. The van der Waals surface area contributed by atoms with Crippen molar-refractivity contribution in [3.8, 4) is 0 Å². The Morgan fingerprint density at radius 3 is 1.93 bits per heavy atom. The second kappa shape index (κ2) is 13.2. The molecule has 0 unspecified atom stereocenters. The molecule has 4 heteroatoms. The fourth-order valence-corrected chi connectivity index (χ4v) is 5.75. The van der Waals surface area contributed by atoms with E-state index >= 15 is 0 Å². The third-order valence-corrected chi connectivity index (χ3v) is 7.57. The number of halogens is 1. The molecular formula is C24H44ClO2P. The second-order valence-corrected chi connectivity index (χ2v) is 18.3. The molecule has 0 N–H and O–H groups in total. The average Bonchev–Trinajstić information content (AvgIpc) is 2.64. The van der Waals surface area contributed by atoms with E-state index in [2.05, 4.69) is 58.1 Å². The Hall–Kier alpha value is -0.140. The number of aryl methyl sites for hydroxylation is 1. The number of unbranched alkanes of at least 4 members (excludes halogenated alkanes) is 5. The summed E-state index contributed by atoms with van der Waals surface area (Å²) < 4.78 is 11.6. The minimum atomic E-state index is -2.22. The quantitative estimate of drug-likeness (QED) is 0.155. The minimum Gasteiger partial charge on any atom is -0.0632 e. The molecule has 0 spiro atoms. The monoisotopic (exact) mass is 430 g/mol. The number of rotatable bonds is 16. The van der Waals surface area contributed by atoms with Crippen molar-refractivity contribution in [2.24, 2.45) is 0 Å². The van der Waals surface area contributed by atoms with E-state index in [4.69, 9.17) is 20.7 Å². The zero-order valence-corrected chi connectivity index (χ0v) is 20.7. The Labute approximate surface area is 179 Å². The summed E-state index contributed by atoms with van der Waals surface area (Å²) in [5.41, 5.74) is 1.45. The maximum absolute atomic E-state index is 6.92. The molecule has 1 aromatic carbocycles. The van der Waals surface area contributed by atoms with Crippen LogP contribution in [0.4, 0.5) is 0 Å². The zero-order valence-electron chi connectivity index (χ0n) is 19.0. The third kappa shape index (κ3) is 11.1. The minimum absolute atomic E-state index is 0.000546. The van der Waals surface area contributed by atoms with Crippen LogP contribution in [0.15, 0.2) is 24.3 Å². The van der Waals surface area contributed by atoms with Gasteiger partial charge in [-0.15, -0.1) is 0 Å². The van der Waals surface area contributed by atoms with Crippen LogP contribution in [0.1, 0.15) is 77.2 Å². The van der Waals surface area contributed by atoms with Crippen molar-refractivity contribution in [3.05, 3.63) is 29.8 Å². The van der Waals surface area contributed by atoms with E-state index in [1.807, 2.05) is 0 Å². The first-order valence-electron chi connectivity index (χ1n) is 11.3. The van der Waals surface area contributed by atoms with Crippen LogP contribution in [0.25, 0.3) is 0 Å². The van der Waals surface area contributed by atoms with Crippen LogP contribution >= 0.6 is 17.2 Å². The fourth-order valence-electron chi connectivity index (χ4n) is 3.51. The van der Waals surface area contributed by atoms with Crippen LogP contribution in [0.3, 0.4) is 0 Å². The summed E-state index contributed by atoms with van der Waals surface area (Å²) in [6.45, 7) is 12.6. The summed E-state index contributed by atoms with van der Waals surface area (Å²) in [5, 5.41) is 1.39. The van der Waals surface area contributed by atoms with E-state index in [1.165, 1.54) is 49.4 Å². The molecule has 0 aliphatic carbocycles.